The van der Waals surface area contributed by atoms with E-state index in [0.717, 1.165) is 18.2 Å². The average Bonchev–Trinajstić information content (AvgIpc) is 2.47. The summed E-state index contributed by atoms with van der Waals surface area (Å²) in [6.45, 7) is 3.29. The van der Waals surface area contributed by atoms with Gasteiger partial charge < -0.3 is 15.0 Å². The lowest BCUT2D eigenvalue weighted by molar-refractivity contribution is 0.0421. The molecule has 0 radical (unpaired) electrons. The van der Waals surface area contributed by atoms with Crippen LogP contribution in [0.1, 0.15) is 30.3 Å². The molecule has 1 aromatic heterocycles. The van der Waals surface area contributed by atoms with Gasteiger partial charge in [0.1, 0.15) is 5.69 Å². The molecule has 0 aliphatic carbocycles. The molecule has 110 valence electrons. The number of carbonyl (C=O) groups excluding carboxylic acids is 1. The Kier molecular flexibility index (Phi) is 3.51. The first-order valence-corrected chi connectivity index (χ1v) is 7.10. The summed E-state index contributed by atoms with van der Waals surface area (Å²) in [4.78, 5) is 27.1. The van der Waals surface area contributed by atoms with Crippen LogP contribution in [0.15, 0.2) is 35.1 Å². The zero-order chi connectivity index (χ0) is 14.9. The molecule has 0 bridgehead atoms. The van der Waals surface area contributed by atoms with Crippen LogP contribution >= 0.6 is 0 Å². The third kappa shape index (κ3) is 2.83. The Morgan fingerprint density at radius 3 is 2.76 bits per heavy atom. The Bertz CT molecular complexity index is 730. The van der Waals surface area contributed by atoms with Crippen molar-refractivity contribution in [3.8, 4) is 0 Å². The maximum atomic E-state index is 12.4. The maximum Gasteiger partial charge on any atom is 0.268 e. The summed E-state index contributed by atoms with van der Waals surface area (Å²) in [7, 11) is 0. The second kappa shape index (κ2) is 5.33. The topological polar surface area (TPSA) is 71.2 Å². The Balaban J connectivity index is 1.89. The molecule has 5 nitrogen and oxygen atoms in total. The average molecular weight is 286 g/mol. The van der Waals surface area contributed by atoms with Crippen LogP contribution in [-0.2, 0) is 4.74 Å². The van der Waals surface area contributed by atoms with Crippen molar-refractivity contribution in [3.63, 3.8) is 0 Å². The van der Waals surface area contributed by atoms with Crippen LogP contribution in [0, 0.1) is 0 Å². The van der Waals surface area contributed by atoms with Crippen molar-refractivity contribution in [1.82, 2.24) is 10.3 Å². The highest BCUT2D eigenvalue weighted by molar-refractivity contribution is 5.96. The quantitative estimate of drug-likeness (QED) is 0.884. The summed E-state index contributed by atoms with van der Waals surface area (Å²) in [6, 6.07) is 8.95. The number of hydrogen-bond acceptors (Lipinski definition) is 3. The molecule has 2 aromatic rings. The Morgan fingerprint density at radius 2 is 2.00 bits per heavy atom. The second-order valence-electron chi connectivity index (χ2n) is 5.73. The van der Waals surface area contributed by atoms with Crippen LogP contribution < -0.4 is 10.9 Å². The van der Waals surface area contributed by atoms with Gasteiger partial charge in [0.15, 0.2) is 0 Å². The molecule has 0 spiro atoms. The summed E-state index contributed by atoms with van der Waals surface area (Å²) in [5.74, 6) is -0.248. The first-order chi connectivity index (χ1) is 10.1. The molecule has 0 atom stereocenters. The second-order valence-corrected chi connectivity index (χ2v) is 5.73. The van der Waals surface area contributed by atoms with E-state index in [0.29, 0.717) is 24.3 Å². The minimum atomic E-state index is -0.280. The van der Waals surface area contributed by atoms with Gasteiger partial charge in [0, 0.05) is 24.1 Å². The summed E-state index contributed by atoms with van der Waals surface area (Å²) in [5, 5.41) is 4.37. The van der Waals surface area contributed by atoms with E-state index in [1.807, 2.05) is 19.1 Å². The number of nitrogens with one attached hydrogen (secondary N) is 2. The number of amides is 1. The first kappa shape index (κ1) is 13.8. The van der Waals surface area contributed by atoms with Gasteiger partial charge in [-0.3, -0.25) is 9.59 Å². The molecule has 1 aliphatic rings. The number of hydrogen-bond donors (Lipinski definition) is 2. The predicted octanol–water partition coefficient (Wildman–Crippen LogP) is 1.83. The van der Waals surface area contributed by atoms with Crippen LogP contribution in [0.5, 0.6) is 0 Å². The van der Waals surface area contributed by atoms with Gasteiger partial charge in [0.25, 0.3) is 11.5 Å². The van der Waals surface area contributed by atoms with Crippen LogP contribution in [0.3, 0.4) is 0 Å². The molecule has 1 amide bonds. The SMILES string of the molecule is CC1(NC(=O)c2cc3ccccc3c(=O)[nH]2)CCOCC1. The van der Waals surface area contributed by atoms with Crippen LogP contribution in [0.2, 0.25) is 0 Å². The lowest BCUT2D eigenvalue weighted by Crippen LogP contribution is -2.49. The standard InChI is InChI=1S/C16H18N2O3/c1-16(6-8-21-9-7-16)18-15(20)13-10-11-4-2-3-5-12(11)14(19)17-13/h2-5,10H,6-9H2,1H3,(H,17,19)(H,18,20). The van der Waals surface area contributed by atoms with Crippen LogP contribution in [0.25, 0.3) is 10.8 Å². The largest absolute Gasteiger partial charge is 0.381 e. The Hall–Kier alpha value is -2.14. The number of ether oxygens (including phenoxy) is 1. The van der Waals surface area contributed by atoms with Crippen LogP contribution in [-0.4, -0.2) is 29.6 Å². The lowest BCUT2D eigenvalue weighted by atomic mass is 9.92. The molecule has 0 saturated carbocycles. The summed E-state index contributed by atoms with van der Waals surface area (Å²) >= 11 is 0. The van der Waals surface area contributed by atoms with Gasteiger partial charge in [0.05, 0.1) is 0 Å². The number of rotatable bonds is 2. The van der Waals surface area contributed by atoms with Gasteiger partial charge in [0.2, 0.25) is 0 Å². The Labute approximate surface area is 122 Å². The van der Waals surface area contributed by atoms with Crippen molar-refractivity contribution in [2.45, 2.75) is 25.3 Å². The molecule has 1 saturated heterocycles. The van der Waals surface area contributed by atoms with E-state index in [9.17, 15) is 9.59 Å². The molecule has 5 heteroatoms. The highest BCUT2D eigenvalue weighted by atomic mass is 16.5. The van der Waals surface area contributed by atoms with E-state index in [1.165, 1.54) is 0 Å². The third-order valence-electron chi connectivity index (χ3n) is 4.01. The van der Waals surface area contributed by atoms with Crippen molar-refractivity contribution in [1.29, 1.82) is 0 Å². The van der Waals surface area contributed by atoms with Gasteiger partial charge in [-0.05, 0) is 37.3 Å². The molecular formula is C16H18N2O3. The number of aromatic nitrogens is 1. The van der Waals surface area contributed by atoms with E-state index in [4.69, 9.17) is 4.74 Å². The lowest BCUT2D eigenvalue weighted by Gasteiger charge is -2.34. The van der Waals surface area contributed by atoms with E-state index in [-0.39, 0.29) is 17.0 Å². The highest BCUT2D eigenvalue weighted by Crippen LogP contribution is 2.20. The fraction of sp³-hybridized carbons (Fsp3) is 0.375. The fourth-order valence-electron chi connectivity index (χ4n) is 2.62. The molecule has 2 N–H and O–H groups in total. The number of fused-ring (bicyclic) bond motifs is 1. The van der Waals surface area contributed by atoms with E-state index in [2.05, 4.69) is 10.3 Å². The van der Waals surface area contributed by atoms with E-state index in [1.54, 1.807) is 18.2 Å². The molecule has 3 rings (SSSR count). The molecule has 0 unspecified atom stereocenters. The minimum Gasteiger partial charge on any atom is -0.381 e. The van der Waals surface area contributed by atoms with Gasteiger partial charge in [-0.2, -0.15) is 0 Å². The van der Waals surface area contributed by atoms with Crippen molar-refractivity contribution in [2.24, 2.45) is 0 Å². The zero-order valence-electron chi connectivity index (χ0n) is 11.9. The van der Waals surface area contributed by atoms with Crippen molar-refractivity contribution >= 4 is 16.7 Å². The molecule has 1 aromatic carbocycles. The van der Waals surface area contributed by atoms with Crippen molar-refractivity contribution in [3.05, 3.63) is 46.4 Å². The maximum absolute atomic E-state index is 12.4. The first-order valence-electron chi connectivity index (χ1n) is 7.10. The normalized spacial score (nSPS) is 17.6. The summed E-state index contributed by atoms with van der Waals surface area (Å²) < 4.78 is 5.32. The van der Waals surface area contributed by atoms with Gasteiger partial charge >= 0.3 is 0 Å². The number of pyridine rings is 1. The summed E-state index contributed by atoms with van der Waals surface area (Å²) in [5.41, 5.74) is -0.223. The molecule has 1 fully saturated rings. The number of carbonyl (C=O) groups is 1. The van der Waals surface area contributed by atoms with Gasteiger partial charge in [-0.15, -0.1) is 0 Å². The monoisotopic (exact) mass is 286 g/mol. The van der Waals surface area contributed by atoms with Crippen LogP contribution in [0.4, 0.5) is 0 Å². The molecule has 21 heavy (non-hydrogen) atoms. The van der Waals surface area contributed by atoms with Gasteiger partial charge in [-0.1, -0.05) is 18.2 Å². The fourth-order valence-corrected chi connectivity index (χ4v) is 2.62. The number of benzene rings is 1. The third-order valence-corrected chi connectivity index (χ3v) is 4.01. The zero-order valence-corrected chi connectivity index (χ0v) is 11.9. The van der Waals surface area contributed by atoms with Gasteiger partial charge in [-0.25, -0.2) is 0 Å². The summed E-state index contributed by atoms with van der Waals surface area (Å²) in [6.07, 6.45) is 1.55. The molecule has 1 aliphatic heterocycles. The van der Waals surface area contributed by atoms with E-state index < -0.39 is 0 Å². The number of H-pyrrole nitrogens is 1. The highest BCUT2D eigenvalue weighted by Gasteiger charge is 2.29. The van der Waals surface area contributed by atoms with E-state index >= 15 is 0 Å². The Morgan fingerprint density at radius 1 is 1.29 bits per heavy atom. The molecular weight excluding hydrogens is 268 g/mol. The smallest absolute Gasteiger partial charge is 0.268 e. The number of aromatic amines is 1. The van der Waals surface area contributed by atoms with Crippen molar-refractivity contribution < 1.29 is 9.53 Å². The predicted molar refractivity (Wildman–Crippen MR) is 80.5 cm³/mol. The molecule has 2 heterocycles. The minimum absolute atomic E-state index is 0.240. The van der Waals surface area contributed by atoms with Crippen molar-refractivity contribution in [2.75, 3.05) is 13.2 Å².